The van der Waals surface area contributed by atoms with Crippen molar-refractivity contribution in [1.29, 1.82) is 0 Å². The number of hydroxylamine groups is 1. The van der Waals surface area contributed by atoms with Crippen LogP contribution < -0.4 is 14.6 Å². The van der Waals surface area contributed by atoms with Crippen LogP contribution in [0.3, 0.4) is 0 Å². The minimum absolute atomic E-state index is 0.714. The van der Waals surface area contributed by atoms with Gasteiger partial charge in [0.25, 0.3) is 0 Å². The summed E-state index contributed by atoms with van der Waals surface area (Å²) >= 11 is 0. The molecule has 0 N–H and O–H groups in total. The Morgan fingerprint density at radius 2 is 1.74 bits per heavy atom. The maximum Gasteiger partial charge on any atom is 0.197 e. The van der Waals surface area contributed by atoms with E-state index in [1.165, 1.54) is 5.56 Å². The van der Waals surface area contributed by atoms with Gasteiger partial charge in [-0.05, 0) is 36.2 Å². The Bertz CT molecular complexity index is 526. The summed E-state index contributed by atoms with van der Waals surface area (Å²) in [6, 6.07) is 15.9. The normalized spacial score (nSPS) is 10.1. The van der Waals surface area contributed by atoms with Crippen LogP contribution in [0.4, 0.5) is 5.69 Å². The van der Waals surface area contributed by atoms with Gasteiger partial charge < -0.3 is 9.57 Å². The average Bonchev–Trinajstić information content (AvgIpc) is 2.48. The van der Waals surface area contributed by atoms with Crippen LogP contribution >= 0.6 is 0 Å². The van der Waals surface area contributed by atoms with Crippen LogP contribution in [0, 0.1) is 0 Å². The molecule has 100 valence electrons. The average molecular weight is 257 g/mol. The monoisotopic (exact) mass is 257 g/mol. The first-order valence-corrected chi connectivity index (χ1v) is 6.38. The Hall–Kier alpha value is -2.16. The van der Waals surface area contributed by atoms with Gasteiger partial charge in [0.1, 0.15) is 0 Å². The Balaban J connectivity index is 2.19. The van der Waals surface area contributed by atoms with E-state index in [0.717, 1.165) is 17.9 Å². The van der Waals surface area contributed by atoms with Crippen molar-refractivity contribution in [2.45, 2.75) is 13.3 Å². The fourth-order valence-corrected chi connectivity index (χ4v) is 1.85. The molecule has 19 heavy (non-hydrogen) atoms. The van der Waals surface area contributed by atoms with Gasteiger partial charge in [-0.1, -0.05) is 31.2 Å². The summed E-state index contributed by atoms with van der Waals surface area (Å²) in [4.78, 5) is 5.83. The van der Waals surface area contributed by atoms with Crippen LogP contribution in [0.25, 0.3) is 0 Å². The number of rotatable bonds is 5. The second-order valence-corrected chi connectivity index (χ2v) is 4.26. The van der Waals surface area contributed by atoms with E-state index in [-0.39, 0.29) is 0 Å². The van der Waals surface area contributed by atoms with Crippen molar-refractivity contribution < 1.29 is 9.57 Å². The summed E-state index contributed by atoms with van der Waals surface area (Å²) in [7, 11) is 3.53. The lowest BCUT2D eigenvalue weighted by atomic mass is 10.1. The van der Waals surface area contributed by atoms with Gasteiger partial charge in [-0.3, -0.25) is 0 Å². The van der Waals surface area contributed by atoms with Crippen molar-refractivity contribution in [3.8, 4) is 11.5 Å². The number of benzene rings is 2. The number of hydrogen-bond acceptors (Lipinski definition) is 3. The molecule has 0 saturated carbocycles. The zero-order valence-electron chi connectivity index (χ0n) is 11.6. The topological polar surface area (TPSA) is 21.7 Å². The maximum atomic E-state index is 5.83. The molecular formula is C16H19NO2. The number of nitrogens with zero attached hydrogens (tertiary/aromatic N) is 1. The molecule has 3 heteroatoms. The molecule has 0 aliphatic carbocycles. The van der Waals surface area contributed by atoms with Gasteiger partial charge in [0, 0.05) is 7.05 Å². The fourth-order valence-electron chi connectivity index (χ4n) is 1.85. The summed E-state index contributed by atoms with van der Waals surface area (Å²) < 4.78 is 5.37. The first kappa shape index (κ1) is 13.3. The van der Waals surface area contributed by atoms with Crippen molar-refractivity contribution in [3.05, 3.63) is 54.1 Å². The molecule has 0 aliphatic rings. The first-order valence-electron chi connectivity index (χ1n) is 6.38. The molecule has 0 amide bonds. The number of para-hydroxylation sites is 1. The fraction of sp³-hybridized carbons (Fsp3) is 0.250. The molecule has 0 aromatic heterocycles. The summed E-state index contributed by atoms with van der Waals surface area (Å²) in [5.74, 6) is 1.47. The third kappa shape index (κ3) is 3.19. The first-order chi connectivity index (χ1) is 9.24. The molecular weight excluding hydrogens is 238 g/mol. The number of ether oxygens (including phenoxy) is 1. The van der Waals surface area contributed by atoms with Crippen molar-refractivity contribution in [1.82, 2.24) is 0 Å². The smallest absolute Gasteiger partial charge is 0.197 e. The van der Waals surface area contributed by atoms with Crippen LogP contribution in [0.15, 0.2) is 48.5 Å². The SMILES string of the molecule is CCc1ccc(ON(C)c2ccccc2)c(OC)c1. The lowest BCUT2D eigenvalue weighted by molar-refractivity contribution is 0.282. The Morgan fingerprint density at radius 1 is 1.00 bits per heavy atom. The van der Waals surface area contributed by atoms with Crippen molar-refractivity contribution in [2.75, 3.05) is 19.2 Å². The number of hydrogen-bond donors (Lipinski definition) is 0. The number of anilines is 1. The van der Waals surface area contributed by atoms with Crippen molar-refractivity contribution in [2.24, 2.45) is 0 Å². The summed E-state index contributed by atoms with van der Waals surface area (Å²) in [6.07, 6.45) is 0.977. The lowest BCUT2D eigenvalue weighted by Crippen LogP contribution is -2.21. The zero-order valence-corrected chi connectivity index (χ0v) is 11.6. The standard InChI is InChI=1S/C16H19NO2/c1-4-13-10-11-15(16(12-13)18-3)19-17(2)14-8-6-5-7-9-14/h5-12H,4H2,1-3H3. The van der Waals surface area contributed by atoms with Gasteiger partial charge in [-0.25, -0.2) is 5.06 Å². The van der Waals surface area contributed by atoms with Crippen LogP contribution in [0.5, 0.6) is 11.5 Å². The third-order valence-electron chi connectivity index (χ3n) is 2.99. The highest BCUT2D eigenvalue weighted by Gasteiger charge is 2.09. The minimum Gasteiger partial charge on any atom is -0.493 e. The van der Waals surface area contributed by atoms with Crippen molar-refractivity contribution >= 4 is 5.69 Å². The van der Waals surface area contributed by atoms with E-state index in [2.05, 4.69) is 13.0 Å². The molecule has 2 rings (SSSR count). The Kier molecular flexibility index (Phi) is 4.29. The van der Waals surface area contributed by atoms with Gasteiger partial charge in [0.2, 0.25) is 0 Å². The minimum atomic E-state index is 0.714. The van der Waals surface area contributed by atoms with E-state index in [4.69, 9.17) is 9.57 Å². The molecule has 0 unspecified atom stereocenters. The molecule has 2 aromatic carbocycles. The summed E-state index contributed by atoms with van der Waals surface area (Å²) in [5, 5.41) is 1.73. The van der Waals surface area contributed by atoms with Crippen LogP contribution in [-0.2, 0) is 6.42 Å². The van der Waals surface area contributed by atoms with Gasteiger partial charge in [-0.2, -0.15) is 0 Å². The summed E-state index contributed by atoms with van der Waals surface area (Å²) in [6.45, 7) is 2.12. The highest BCUT2D eigenvalue weighted by molar-refractivity contribution is 5.47. The van der Waals surface area contributed by atoms with E-state index in [0.29, 0.717) is 5.75 Å². The number of methoxy groups -OCH3 is 1. The highest BCUT2D eigenvalue weighted by Crippen LogP contribution is 2.29. The van der Waals surface area contributed by atoms with Gasteiger partial charge in [0.15, 0.2) is 11.5 Å². The highest BCUT2D eigenvalue weighted by atomic mass is 16.7. The molecule has 0 atom stereocenters. The van der Waals surface area contributed by atoms with Gasteiger partial charge in [-0.15, -0.1) is 0 Å². The molecule has 2 aromatic rings. The van der Waals surface area contributed by atoms with Gasteiger partial charge in [0.05, 0.1) is 12.8 Å². The van der Waals surface area contributed by atoms with Crippen LogP contribution in [-0.4, -0.2) is 14.2 Å². The quantitative estimate of drug-likeness (QED) is 0.762. The van der Waals surface area contributed by atoms with Gasteiger partial charge >= 0.3 is 0 Å². The largest absolute Gasteiger partial charge is 0.493 e. The van der Waals surface area contributed by atoms with Crippen molar-refractivity contribution in [3.63, 3.8) is 0 Å². The van der Waals surface area contributed by atoms with E-state index in [1.54, 1.807) is 12.2 Å². The predicted molar refractivity (Wildman–Crippen MR) is 77.8 cm³/mol. The van der Waals surface area contributed by atoms with Crippen LogP contribution in [0.1, 0.15) is 12.5 Å². The maximum absolute atomic E-state index is 5.83. The third-order valence-corrected chi connectivity index (χ3v) is 2.99. The Morgan fingerprint density at radius 3 is 2.37 bits per heavy atom. The molecule has 0 spiro atoms. The van der Waals surface area contributed by atoms with E-state index >= 15 is 0 Å². The summed E-state index contributed by atoms with van der Waals surface area (Å²) in [5.41, 5.74) is 2.22. The Labute approximate surface area is 114 Å². The molecule has 0 radical (unpaired) electrons. The molecule has 3 nitrogen and oxygen atoms in total. The predicted octanol–water partition coefficient (Wildman–Crippen LogP) is 3.69. The molecule has 0 saturated heterocycles. The molecule has 0 bridgehead atoms. The van der Waals surface area contributed by atoms with E-state index < -0.39 is 0 Å². The molecule has 0 fully saturated rings. The lowest BCUT2D eigenvalue weighted by Gasteiger charge is -2.21. The molecule has 0 aliphatic heterocycles. The zero-order chi connectivity index (χ0) is 13.7. The number of aryl methyl sites for hydroxylation is 1. The van der Waals surface area contributed by atoms with E-state index in [1.807, 2.05) is 49.5 Å². The molecule has 0 heterocycles. The van der Waals surface area contributed by atoms with E-state index in [9.17, 15) is 0 Å². The second-order valence-electron chi connectivity index (χ2n) is 4.26. The second kappa shape index (κ2) is 6.14. The van der Waals surface area contributed by atoms with Crippen LogP contribution in [0.2, 0.25) is 0 Å².